The summed E-state index contributed by atoms with van der Waals surface area (Å²) in [6, 6.07) is 13.4. The Morgan fingerprint density at radius 1 is 1.12 bits per heavy atom. The lowest BCUT2D eigenvalue weighted by atomic mass is 10.1. The molecule has 0 aromatic heterocycles. The average Bonchev–Trinajstić information content (AvgIpc) is 2.31. The third-order valence-electron chi connectivity index (χ3n) is 2.52. The molecule has 2 aromatic carbocycles. The van der Waals surface area contributed by atoms with Gasteiger partial charge >= 0.3 is 0 Å². The smallest absolute Gasteiger partial charge is 0.132 e. The maximum atomic E-state index is 5.80. The minimum atomic E-state index is 0.409. The normalized spacial score (nSPS) is 10.2. The first-order valence-electron chi connectivity index (χ1n) is 5.52. The van der Waals surface area contributed by atoms with Crippen LogP contribution in [0, 0.1) is 6.92 Å². The van der Waals surface area contributed by atoms with Crippen LogP contribution in [0.1, 0.15) is 11.1 Å². The van der Waals surface area contributed by atoms with E-state index in [0.717, 1.165) is 22.6 Å². The van der Waals surface area contributed by atoms with Gasteiger partial charge in [0.25, 0.3) is 0 Å². The van der Waals surface area contributed by atoms with E-state index < -0.39 is 0 Å². The highest BCUT2D eigenvalue weighted by Crippen LogP contribution is 2.27. The van der Waals surface area contributed by atoms with Gasteiger partial charge in [0.1, 0.15) is 11.5 Å². The van der Waals surface area contributed by atoms with Crippen molar-refractivity contribution in [3.63, 3.8) is 0 Å². The highest BCUT2D eigenvalue weighted by atomic mass is 16.5. The molecule has 0 aliphatic rings. The summed E-state index contributed by atoms with van der Waals surface area (Å²) in [6.45, 7) is 2.44. The maximum Gasteiger partial charge on any atom is 0.132 e. The van der Waals surface area contributed by atoms with Crippen LogP contribution in [0.2, 0.25) is 0 Å². The quantitative estimate of drug-likeness (QED) is 0.794. The monoisotopic (exact) mass is 228 g/mol. The van der Waals surface area contributed by atoms with E-state index in [-0.39, 0.29) is 0 Å². The summed E-state index contributed by atoms with van der Waals surface area (Å²) in [7, 11) is 0. The van der Waals surface area contributed by atoms with Gasteiger partial charge in [0.2, 0.25) is 0 Å². The van der Waals surface area contributed by atoms with Crippen molar-refractivity contribution < 1.29 is 4.74 Å². The molecular formula is C14H16N2O. The molecule has 0 saturated heterocycles. The van der Waals surface area contributed by atoms with Crippen LogP contribution in [-0.2, 0) is 6.54 Å². The van der Waals surface area contributed by atoms with E-state index in [4.69, 9.17) is 16.2 Å². The molecule has 0 fully saturated rings. The number of hydrogen-bond acceptors (Lipinski definition) is 3. The maximum absolute atomic E-state index is 5.80. The number of hydrogen-bond donors (Lipinski definition) is 2. The number of nitrogen functional groups attached to an aromatic ring is 1. The number of ether oxygens (including phenoxy) is 1. The van der Waals surface area contributed by atoms with Crippen LogP contribution in [0.3, 0.4) is 0 Å². The molecule has 0 heterocycles. The zero-order valence-corrected chi connectivity index (χ0v) is 9.81. The molecule has 3 heteroatoms. The molecule has 0 unspecified atom stereocenters. The van der Waals surface area contributed by atoms with E-state index >= 15 is 0 Å². The second-order valence-corrected chi connectivity index (χ2v) is 3.99. The van der Waals surface area contributed by atoms with Crippen LogP contribution in [0.25, 0.3) is 0 Å². The van der Waals surface area contributed by atoms with E-state index in [1.165, 1.54) is 0 Å². The molecule has 0 bridgehead atoms. The number of rotatable bonds is 3. The zero-order chi connectivity index (χ0) is 12.3. The molecule has 0 aliphatic carbocycles. The Balaban J connectivity index is 2.29. The first-order valence-corrected chi connectivity index (χ1v) is 5.52. The van der Waals surface area contributed by atoms with Crippen molar-refractivity contribution in [1.29, 1.82) is 0 Å². The van der Waals surface area contributed by atoms with Crippen molar-refractivity contribution in [2.75, 3.05) is 5.73 Å². The molecule has 2 aromatic rings. The van der Waals surface area contributed by atoms with Gasteiger partial charge in [-0.1, -0.05) is 12.1 Å². The number of benzene rings is 2. The Morgan fingerprint density at radius 2 is 1.94 bits per heavy atom. The van der Waals surface area contributed by atoms with E-state index in [2.05, 4.69) is 0 Å². The summed E-state index contributed by atoms with van der Waals surface area (Å²) < 4.78 is 5.80. The third kappa shape index (κ3) is 2.77. The molecule has 17 heavy (non-hydrogen) atoms. The lowest BCUT2D eigenvalue weighted by Gasteiger charge is -2.11. The highest BCUT2D eigenvalue weighted by molar-refractivity contribution is 5.49. The van der Waals surface area contributed by atoms with Gasteiger partial charge < -0.3 is 16.2 Å². The zero-order valence-electron chi connectivity index (χ0n) is 9.81. The molecule has 2 rings (SSSR count). The van der Waals surface area contributed by atoms with Gasteiger partial charge in [0, 0.05) is 17.8 Å². The Kier molecular flexibility index (Phi) is 3.30. The first-order chi connectivity index (χ1) is 8.19. The average molecular weight is 228 g/mol. The standard InChI is InChI=1S/C14H16N2O/c1-10-3-2-4-13(7-10)17-14-6-5-12(16)8-11(14)9-15/h2-8H,9,15-16H2,1H3. The fourth-order valence-electron chi connectivity index (χ4n) is 1.66. The fraction of sp³-hybridized carbons (Fsp3) is 0.143. The molecule has 0 atom stereocenters. The van der Waals surface area contributed by atoms with E-state index in [0.29, 0.717) is 12.2 Å². The van der Waals surface area contributed by atoms with Crippen LogP contribution in [-0.4, -0.2) is 0 Å². The summed E-state index contributed by atoms with van der Waals surface area (Å²) in [5.41, 5.74) is 14.1. The lowest BCUT2D eigenvalue weighted by molar-refractivity contribution is 0.476. The van der Waals surface area contributed by atoms with Crippen LogP contribution in [0.4, 0.5) is 5.69 Å². The summed E-state index contributed by atoms with van der Waals surface area (Å²) in [5, 5.41) is 0. The third-order valence-corrected chi connectivity index (χ3v) is 2.52. The predicted octanol–water partition coefficient (Wildman–Crippen LogP) is 2.83. The molecule has 0 spiro atoms. The van der Waals surface area contributed by atoms with Crippen LogP contribution in [0.5, 0.6) is 11.5 Å². The van der Waals surface area contributed by atoms with Gasteiger partial charge in [-0.25, -0.2) is 0 Å². The van der Waals surface area contributed by atoms with Gasteiger partial charge in [0.15, 0.2) is 0 Å². The molecule has 3 nitrogen and oxygen atoms in total. The van der Waals surface area contributed by atoms with Gasteiger partial charge in [-0.05, 0) is 42.8 Å². The van der Waals surface area contributed by atoms with Crippen molar-refractivity contribution in [1.82, 2.24) is 0 Å². The summed E-state index contributed by atoms with van der Waals surface area (Å²) >= 11 is 0. The highest BCUT2D eigenvalue weighted by Gasteiger charge is 2.04. The molecule has 0 amide bonds. The molecule has 0 saturated carbocycles. The van der Waals surface area contributed by atoms with Crippen LogP contribution < -0.4 is 16.2 Å². The van der Waals surface area contributed by atoms with Crippen molar-refractivity contribution >= 4 is 5.69 Å². The van der Waals surface area contributed by atoms with Gasteiger partial charge in [-0.15, -0.1) is 0 Å². The first kappa shape index (κ1) is 11.5. The second-order valence-electron chi connectivity index (χ2n) is 3.99. The van der Waals surface area contributed by atoms with Crippen LogP contribution in [0.15, 0.2) is 42.5 Å². The Labute approximate surface area is 101 Å². The summed E-state index contributed by atoms with van der Waals surface area (Å²) in [5.74, 6) is 1.57. The van der Waals surface area contributed by atoms with Gasteiger partial charge in [-0.3, -0.25) is 0 Å². The van der Waals surface area contributed by atoms with Crippen molar-refractivity contribution in [2.24, 2.45) is 5.73 Å². The Bertz CT molecular complexity index is 523. The van der Waals surface area contributed by atoms with Crippen LogP contribution >= 0.6 is 0 Å². The van der Waals surface area contributed by atoms with Crippen molar-refractivity contribution in [2.45, 2.75) is 13.5 Å². The minimum absolute atomic E-state index is 0.409. The van der Waals surface area contributed by atoms with E-state index in [1.54, 1.807) is 0 Å². The number of nitrogens with two attached hydrogens (primary N) is 2. The molecule has 0 radical (unpaired) electrons. The number of anilines is 1. The summed E-state index contributed by atoms with van der Waals surface area (Å²) in [4.78, 5) is 0. The van der Waals surface area contributed by atoms with Crippen molar-refractivity contribution in [3.05, 3.63) is 53.6 Å². The Morgan fingerprint density at radius 3 is 2.65 bits per heavy atom. The Hall–Kier alpha value is -2.00. The number of aryl methyl sites for hydroxylation is 1. The predicted molar refractivity (Wildman–Crippen MR) is 70.0 cm³/mol. The largest absolute Gasteiger partial charge is 0.457 e. The van der Waals surface area contributed by atoms with Gasteiger partial charge in [-0.2, -0.15) is 0 Å². The minimum Gasteiger partial charge on any atom is -0.457 e. The van der Waals surface area contributed by atoms with Crippen molar-refractivity contribution in [3.8, 4) is 11.5 Å². The summed E-state index contributed by atoms with van der Waals surface area (Å²) in [6.07, 6.45) is 0. The lowest BCUT2D eigenvalue weighted by Crippen LogP contribution is -2.00. The second kappa shape index (κ2) is 4.89. The molecule has 4 N–H and O–H groups in total. The fourth-order valence-corrected chi connectivity index (χ4v) is 1.66. The van der Waals surface area contributed by atoms with E-state index in [1.807, 2.05) is 49.4 Å². The topological polar surface area (TPSA) is 61.3 Å². The SMILES string of the molecule is Cc1cccc(Oc2ccc(N)cc2CN)c1. The molecular weight excluding hydrogens is 212 g/mol. The molecule has 88 valence electrons. The molecule has 0 aliphatic heterocycles. The van der Waals surface area contributed by atoms with Gasteiger partial charge in [0.05, 0.1) is 0 Å². The van der Waals surface area contributed by atoms with E-state index in [9.17, 15) is 0 Å².